The van der Waals surface area contributed by atoms with Crippen molar-refractivity contribution in [3.63, 3.8) is 0 Å². The van der Waals surface area contributed by atoms with Gasteiger partial charge in [0.05, 0.1) is 23.5 Å². The molecule has 0 saturated heterocycles. The van der Waals surface area contributed by atoms with Crippen LogP contribution in [0, 0.1) is 11.3 Å². The largest absolute Gasteiger partial charge is 0.368 e. The summed E-state index contributed by atoms with van der Waals surface area (Å²) in [6, 6.07) is 9.28. The smallest absolute Gasteiger partial charge is 0.128 e. The predicted molar refractivity (Wildman–Crippen MR) is 82.2 cm³/mol. The molecule has 6 heteroatoms. The molecule has 0 saturated carbocycles. The minimum atomic E-state index is 0.563. The van der Waals surface area contributed by atoms with Crippen molar-refractivity contribution < 1.29 is 0 Å². The molecule has 3 aromatic rings. The second-order valence-corrected chi connectivity index (χ2v) is 4.99. The predicted octanol–water partition coefficient (Wildman–Crippen LogP) is 3.07. The highest BCUT2D eigenvalue weighted by Gasteiger charge is 2.06. The van der Waals surface area contributed by atoms with E-state index in [2.05, 4.69) is 21.4 Å². The quantitative estimate of drug-likeness (QED) is 0.803. The van der Waals surface area contributed by atoms with Crippen LogP contribution in [0.1, 0.15) is 5.56 Å². The number of hydrogen-bond donors (Lipinski definition) is 1. The Morgan fingerprint density at radius 3 is 3.00 bits per heavy atom. The summed E-state index contributed by atoms with van der Waals surface area (Å²) in [5.41, 5.74) is 1.32. The van der Waals surface area contributed by atoms with Crippen molar-refractivity contribution in [3.05, 3.63) is 53.6 Å². The van der Waals surface area contributed by atoms with Crippen molar-refractivity contribution in [2.75, 3.05) is 11.9 Å². The Morgan fingerprint density at radius 2 is 2.24 bits per heavy atom. The van der Waals surface area contributed by atoms with Crippen molar-refractivity contribution >= 4 is 28.3 Å². The van der Waals surface area contributed by atoms with Gasteiger partial charge in [0.2, 0.25) is 0 Å². The molecule has 0 bridgehead atoms. The van der Waals surface area contributed by atoms with E-state index in [-0.39, 0.29) is 0 Å². The third-order valence-electron chi connectivity index (χ3n) is 3.13. The van der Waals surface area contributed by atoms with E-state index in [9.17, 15) is 5.26 Å². The lowest BCUT2D eigenvalue weighted by Crippen LogP contribution is -2.10. The highest BCUT2D eigenvalue weighted by atomic mass is 35.5. The number of benzene rings is 1. The monoisotopic (exact) mass is 297 g/mol. The van der Waals surface area contributed by atoms with Crippen LogP contribution in [0.3, 0.4) is 0 Å². The van der Waals surface area contributed by atoms with Gasteiger partial charge in [0.1, 0.15) is 5.82 Å². The number of imidazole rings is 1. The molecule has 0 unspecified atom stereocenters. The Balaban J connectivity index is 1.82. The van der Waals surface area contributed by atoms with E-state index in [0.717, 1.165) is 17.4 Å². The van der Waals surface area contributed by atoms with Crippen LogP contribution >= 0.6 is 11.6 Å². The number of nitriles is 1. The minimum absolute atomic E-state index is 0.563. The SMILES string of the molecule is N#Cc1cc(NCCn2ccnc2)nc2ccc(Cl)cc12. The topological polar surface area (TPSA) is 66.5 Å². The van der Waals surface area contributed by atoms with Gasteiger partial charge in [-0.25, -0.2) is 9.97 Å². The molecule has 0 fully saturated rings. The maximum atomic E-state index is 9.27. The van der Waals surface area contributed by atoms with Gasteiger partial charge in [-0.2, -0.15) is 5.26 Å². The molecule has 1 N–H and O–H groups in total. The number of halogens is 1. The molecule has 0 aliphatic heterocycles. The van der Waals surface area contributed by atoms with Gasteiger partial charge in [0, 0.05) is 35.9 Å². The van der Waals surface area contributed by atoms with Crippen molar-refractivity contribution in [2.45, 2.75) is 6.54 Å². The van der Waals surface area contributed by atoms with Crippen LogP contribution in [0.25, 0.3) is 10.9 Å². The maximum Gasteiger partial charge on any atom is 0.128 e. The summed E-state index contributed by atoms with van der Waals surface area (Å²) in [7, 11) is 0. The van der Waals surface area contributed by atoms with Crippen LogP contribution in [0.2, 0.25) is 5.02 Å². The van der Waals surface area contributed by atoms with Crippen LogP contribution in [-0.4, -0.2) is 21.1 Å². The van der Waals surface area contributed by atoms with Gasteiger partial charge in [-0.05, 0) is 24.3 Å². The molecule has 104 valence electrons. The molecular weight excluding hydrogens is 286 g/mol. The molecular formula is C15H12ClN5. The zero-order valence-electron chi connectivity index (χ0n) is 11.1. The summed E-state index contributed by atoms with van der Waals surface area (Å²) >= 11 is 5.97. The van der Waals surface area contributed by atoms with E-state index in [4.69, 9.17) is 11.6 Å². The number of hydrogen-bond acceptors (Lipinski definition) is 4. The summed E-state index contributed by atoms with van der Waals surface area (Å²) in [6.45, 7) is 1.48. The molecule has 21 heavy (non-hydrogen) atoms. The lowest BCUT2D eigenvalue weighted by molar-refractivity contribution is 0.725. The summed E-state index contributed by atoms with van der Waals surface area (Å²) in [6.07, 6.45) is 5.40. The molecule has 2 heterocycles. The first-order valence-corrected chi connectivity index (χ1v) is 6.84. The fourth-order valence-corrected chi connectivity index (χ4v) is 2.29. The molecule has 0 spiro atoms. The zero-order chi connectivity index (χ0) is 14.7. The lowest BCUT2D eigenvalue weighted by atomic mass is 10.1. The zero-order valence-corrected chi connectivity index (χ0v) is 11.9. The second kappa shape index (κ2) is 5.81. The molecule has 2 aromatic heterocycles. The fraction of sp³-hybridized carbons (Fsp3) is 0.133. The molecule has 3 rings (SSSR count). The third-order valence-corrected chi connectivity index (χ3v) is 3.36. The van der Waals surface area contributed by atoms with E-state index < -0.39 is 0 Å². The van der Waals surface area contributed by atoms with E-state index in [0.29, 0.717) is 22.9 Å². The van der Waals surface area contributed by atoms with Gasteiger partial charge in [-0.3, -0.25) is 0 Å². The maximum absolute atomic E-state index is 9.27. The summed E-state index contributed by atoms with van der Waals surface area (Å²) in [5.74, 6) is 0.682. The van der Waals surface area contributed by atoms with Crippen molar-refractivity contribution in [3.8, 4) is 6.07 Å². The summed E-state index contributed by atoms with van der Waals surface area (Å²) in [4.78, 5) is 8.49. The third kappa shape index (κ3) is 2.96. The first-order valence-electron chi connectivity index (χ1n) is 6.46. The van der Waals surface area contributed by atoms with Crippen LogP contribution in [0.5, 0.6) is 0 Å². The average Bonchev–Trinajstić information content (AvgIpc) is 3.00. The molecule has 1 aromatic carbocycles. The number of anilines is 1. The van der Waals surface area contributed by atoms with Crippen LogP contribution in [-0.2, 0) is 6.54 Å². The van der Waals surface area contributed by atoms with Crippen molar-refractivity contribution in [1.82, 2.24) is 14.5 Å². The van der Waals surface area contributed by atoms with E-state index in [1.54, 1.807) is 30.7 Å². The number of nitrogens with one attached hydrogen (secondary N) is 1. The molecule has 0 radical (unpaired) electrons. The summed E-state index contributed by atoms with van der Waals surface area (Å²) in [5, 5.41) is 13.9. The number of rotatable bonds is 4. The molecule has 0 atom stereocenters. The first kappa shape index (κ1) is 13.4. The number of nitrogens with zero attached hydrogens (tertiary/aromatic N) is 4. The summed E-state index contributed by atoms with van der Waals surface area (Å²) < 4.78 is 1.97. The minimum Gasteiger partial charge on any atom is -0.368 e. The van der Waals surface area contributed by atoms with Gasteiger partial charge in [-0.15, -0.1) is 0 Å². The normalized spacial score (nSPS) is 10.5. The lowest BCUT2D eigenvalue weighted by Gasteiger charge is -2.08. The molecule has 0 aliphatic rings. The Bertz CT molecular complexity index is 805. The van der Waals surface area contributed by atoms with Crippen molar-refractivity contribution in [1.29, 1.82) is 5.26 Å². The Labute approximate surface area is 126 Å². The van der Waals surface area contributed by atoms with E-state index in [1.807, 2.05) is 16.8 Å². The molecule has 5 nitrogen and oxygen atoms in total. The van der Waals surface area contributed by atoms with Gasteiger partial charge in [-0.1, -0.05) is 11.6 Å². The number of pyridine rings is 1. The molecule has 0 amide bonds. The number of aromatic nitrogens is 3. The van der Waals surface area contributed by atoms with Gasteiger partial charge in [0.25, 0.3) is 0 Å². The Kier molecular flexibility index (Phi) is 3.71. The highest BCUT2D eigenvalue weighted by Crippen LogP contribution is 2.23. The van der Waals surface area contributed by atoms with Crippen molar-refractivity contribution in [2.24, 2.45) is 0 Å². The van der Waals surface area contributed by atoms with Gasteiger partial charge >= 0.3 is 0 Å². The van der Waals surface area contributed by atoms with Gasteiger partial charge < -0.3 is 9.88 Å². The van der Waals surface area contributed by atoms with E-state index >= 15 is 0 Å². The van der Waals surface area contributed by atoms with Crippen LogP contribution in [0.15, 0.2) is 43.0 Å². The number of fused-ring (bicyclic) bond motifs is 1. The standard InChI is InChI=1S/C15H12ClN5/c16-12-1-2-14-13(8-12)11(9-17)7-15(20-14)19-4-6-21-5-3-18-10-21/h1-3,5,7-8,10H,4,6H2,(H,19,20). The van der Waals surface area contributed by atoms with E-state index in [1.165, 1.54) is 0 Å². The van der Waals surface area contributed by atoms with Gasteiger partial charge in [0.15, 0.2) is 0 Å². The van der Waals surface area contributed by atoms with Crippen LogP contribution in [0.4, 0.5) is 5.82 Å². The highest BCUT2D eigenvalue weighted by molar-refractivity contribution is 6.31. The average molecular weight is 298 g/mol. The molecule has 0 aliphatic carbocycles. The first-order chi connectivity index (χ1) is 10.3. The fourth-order valence-electron chi connectivity index (χ4n) is 2.11. The Hall–Kier alpha value is -2.58. The Morgan fingerprint density at radius 1 is 1.33 bits per heavy atom. The second-order valence-electron chi connectivity index (χ2n) is 4.56. The van der Waals surface area contributed by atoms with Crippen LogP contribution < -0.4 is 5.32 Å².